The second-order valence-corrected chi connectivity index (χ2v) is 5.83. The van der Waals surface area contributed by atoms with Gasteiger partial charge >= 0.3 is 6.18 Å². The summed E-state index contributed by atoms with van der Waals surface area (Å²) in [7, 11) is 0. The third kappa shape index (κ3) is 4.86. The fraction of sp³-hybridized carbons (Fsp3) is 0.571. The van der Waals surface area contributed by atoms with Crippen molar-refractivity contribution in [3.05, 3.63) is 28.2 Å². The van der Waals surface area contributed by atoms with Crippen molar-refractivity contribution in [3.63, 3.8) is 0 Å². The summed E-state index contributed by atoms with van der Waals surface area (Å²) in [5, 5.41) is 0. The fourth-order valence-corrected chi connectivity index (χ4v) is 2.53. The normalized spacial score (nSPS) is 20.5. The standard InChI is InChI=1S/C14H17BrF3NO2/c1-10-9-19(4-6-20-10)5-7-21-13-8-11(14(16,17)18)2-3-12(13)15/h2-3,8,10H,4-7,9H2,1H3. The summed E-state index contributed by atoms with van der Waals surface area (Å²) in [6.07, 6.45) is -4.18. The maximum atomic E-state index is 12.7. The average Bonchev–Trinajstić information content (AvgIpc) is 2.39. The van der Waals surface area contributed by atoms with Gasteiger partial charge in [0.1, 0.15) is 12.4 Å². The van der Waals surface area contributed by atoms with Crippen LogP contribution in [0.2, 0.25) is 0 Å². The highest BCUT2D eigenvalue weighted by Gasteiger charge is 2.31. The molecule has 1 aliphatic rings. The van der Waals surface area contributed by atoms with Gasteiger partial charge in [-0.05, 0) is 41.1 Å². The molecular weight excluding hydrogens is 351 g/mol. The Morgan fingerprint density at radius 1 is 1.43 bits per heavy atom. The van der Waals surface area contributed by atoms with Crippen LogP contribution in [0, 0.1) is 0 Å². The Labute approximate surface area is 130 Å². The maximum absolute atomic E-state index is 12.7. The summed E-state index contributed by atoms with van der Waals surface area (Å²) in [4.78, 5) is 2.18. The Balaban J connectivity index is 1.90. The highest BCUT2D eigenvalue weighted by Crippen LogP contribution is 2.35. The zero-order valence-electron chi connectivity index (χ0n) is 11.6. The van der Waals surface area contributed by atoms with Crippen molar-refractivity contribution in [2.75, 3.05) is 32.8 Å². The van der Waals surface area contributed by atoms with Crippen LogP contribution in [0.4, 0.5) is 13.2 Å². The Hall–Kier alpha value is -0.790. The molecule has 1 saturated heterocycles. The molecule has 1 fully saturated rings. The van der Waals surface area contributed by atoms with E-state index in [0.29, 0.717) is 24.2 Å². The van der Waals surface area contributed by atoms with Crippen molar-refractivity contribution in [2.24, 2.45) is 0 Å². The summed E-state index contributed by atoms with van der Waals surface area (Å²) in [5.41, 5.74) is -0.708. The van der Waals surface area contributed by atoms with Crippen molar-refractivity contribution >= 4 is 15.9 Å². The molecule has 1 heterocycles. The zero-order valence-corrected chi connectivity index (χ0v) is 13.2. The third-order valence-corrected chi connectivity index (χ3v) is 3.90. The number of nitrogens with zero attached hydrogens (tertiary/aromatic N) is 1. The van der Waals surface area contributed by atoms with Crippen LogP contribution in [-0.2, 0) is 10.9 Å². The van der Waals surface area contributed by atoms with E-state index in [0.717, 1.165) is 25.2 Å². The molecule has 7 heteroatoms. The first kappa shape index (κ1) is 16.6. The van der Waals surface area contributed by atoms with E-state index in [1.165, 1.54) is 6.07 Å². The van der Waals surface area contributed by atoms with E-state index in [4.69, 9.17) is 9.47 Å². The summed E-state index contributed by atoms with van der Waals surface area (Å²) in [5.74, 6) is 0.214. The van der Waals surface area contributed by atoms with Crippen LogP contribution in [0.3, 0.4) is 0 Å². The number of rotatable bonds is 4. The van der Waals surface area contributed by atoms with Crippen LogP contribution in [0.25, 0.3) is 0 Å². The molecule has 0 bridgehead atoms. The monoisotopic (exact) mass is 367 g/mol. The SMILES string of the molecule is CC1CN(CCOc2cc(C(F)(F)F)ccc2Br)CCO1. The fourth-order valence-electron chi connectivity index (χ4n) is 2.17. The summed E-state index contributed by atoms with van der Waals surface area (Å²) < 4.78 is 49.4. The van der Waals surface area contributed by atoms with Crippen molar-refractivity contribution in [1.82, 2.24) is 4.90 Å². The largest absolute Gasteiger partial charge is 0.491 e. The number of morpholine rings is 1. The highest BCUT2D eigenvalue weighted by molar-refractivity contribution is 9.10. The molecular formula is C14H17BrF3NO2. The van der Waals surface area contributed by atoms with E-state index in [2.05, 4.69) is 20.8 Å². The van der Waals surface area contributed by atoms with E-state index in [1.807, 2.05) is 6.92 Å². The Morgan fingerprint density at radius 2 is 2.19 bits per heavy atom. The number of hydrogen-bond donors (Lipinski definition) is 0. The lowest BCUT2D eigenvalue weighted by Gasteiger charge is -2.30. The molecule has 0 saturated carbocycles. The summed E-state index contributed by atoms with van der Waals surface area (Å²) in [6, 6.07) is 3.40. The van der Waals surface area contributed by atoms with Crippen molar-refractivity contribution < 1.29 is 22.6 Å². The van der Waals surface area contributed by atoms with Gasteiger partial charge in [0.05, 0.1) is 22.7 Å². The van der Waals surface area contributed by atoms with Crippen LogP contribution in [-0.4, -0.2) is 43.9 Å². The molecule has 1 unspecified atom stereocenters. The minimum absolute atomic E-state index is 0.180. The zero-order chi connectivity index (χ0) is 15.5. The lowest BCUT2D eigenvalue weighted by Crippen LogP contribution is -2.42. The number of alkyl halides is 3. The van der Waals surface area contributed by atoms with Gasteiger partial charge in [0.2, 0.25) is 0 Å². The van der Waals surface area contributed by atoms with Crippen LogP contribution in [0.1, 0.15) is 12.5 Å². The van der Waals surface area contributed by atoms with Crippen LogP contribution >= 0.6 is 15.9 Å². The number of hydrogen-bond acceptors (Lipinski definition) is 3. The van der Waals surface area contributed by atoms with E-state index in [1.54, 1.807) is 0 Å². The Bertz CT molecular complexity index is 482. The second kappa shape index (κ2) is 6.98. The molecule has 0 amide bonds. The molecule has 21 heavy (non-hydrogen) atoms. The van der Waals surface area contributed by atoms with Gasteiger partial charge in [0.15, 0.2) is 0 Å². The van der Waals surface area contributed by atoms with Gasteiger partial charge in [-0.3, -0.25) is 4.90 Å². The quantitative estimate of drug-likeness (QED) is 0.811. The van der Waals surface area contributed by atoms with Crippen LogP contribution in [0.15, 0.2) is 22.7 Å². The third-order valence-electron chi connectivity index (χ3n) is 3.25. The molecule has 0 N–H and O–H groups in total. The first-order valence-corrected chi connectivity index (χ1v) is 7.49. The maximum Gasteiger partial charge on any atom is 0.416 e. The van der Waals surface area contributed by atoms with Crippen molar-refractivity contribution in [2.45, 2.75) is 19.2 Å². The van der Waals surface area contributed by atoms with E-state index >= 15 is 0 Å². The molecule has 0 spiro atoms. The molecule has 0 radical (unpaired) electrons. The smallest absolute Gasteiger partial charge is 0.416 e. The minimum atomic E-state index is -4.36. The van der Waals surface area contributed by atoms with Crippen LogP contribution < -0.4 is 4.74 Å². The average molecular weight is 368 g/mol. The highest BCUT2D eigenvalue weighted by atomic mass is 79.9. The predicted molar refractivity (Wildman–Crippen MR) is 76.5 cm³/mol. The number of halogens is 4. The second-order valence-electron chi connectivity index (χ2n) is 4.97. The number of benzene rings is 1. The first-order valence-electron chi connectivity index (χ1n) is 6.70. The van der Waals surface area contributed by atoms with Gasteiger partial charge in [0, 0.05) is 19.6 Å². The lowest BCUT2D eigenvalue weighted by molar-refractivity contribution is -0.137. The van der Waals surface area contributed by atoms with Crippen molar-refractivity contribution in [3.8, 4) is 5.75 Å². The molecule has 2 rings (SSSR count). The van der Waals surface area contributed by atoms with Crippen LogP contribution in [0.5, 0.6) is 5.75 Å². The number of ether oxygens (including phenoxy) is 2. The minimum Gasteiger partial charge on any atom is -0.491 e. The van der Waals surface area contributed by atoms with Crippen molar-refractivity contribution in [1.29, 1.82) is 0 Å². The van der Waals surface area contributed by atoms with Gasteiger partial charge in [-0.2, -0.15) is 13.2 Å². The molecule has 1 aliphatic heterocycles. The molecule has 1 aromatic rings. The van der Waals surface area contributed by atoms with E-state index in [-0.39, 0.29) is 11.9 Å². The molecule has 0 aromatic heterocycles. The van der Waals surface area contributed by atoms with Gasteiger partial charge in [-0.1, -0.05) is 0 Å². The molecule has 1 aromatic carbocycles. The molecule has 1 atom stereocenters. The first-order chi connectivity index (χ1) is 9.86. The molecule has 0 aliphatic carbocycles. The Kier molecular flexibility index (Phi) is 5.51. The van der Waals surface area contributed by atoms with Gasteiger partial charge in [-0.15, -0.1) is 0 Å². The molecule has 118 valence electrons. The summed E-state index contributed by atoms with van der Waals surface area (Å²) in [6.45, 7) is 5.30. The summed E-state index contributed by atoms with van der Waals surface area (Å²) >= 11 is 3.21. The topological polar surface area (TPSA) is 21.7 Å². The van der Waals surface area contributed by atoms with Gasteiger partial charge in [0.25, 0.3) is 0 Å². The van der Waals surface area contributed by atoms with Gasteiger partial charge in [-0.25, -0.2) is 0 Å². The predicted octanol–water partition coefficient (Wildman–Crippen LogP) is 3.57. The molecule has 3 nitrogen and oxygen atoms in total. The van der Waals surface area contributed by atoms with E-state index < -0.39 is 11.7 Å². The van der Waals surface area contributed by atoms with Gasteiger partial charge < -0.3 is 9.47 Å². The Morgan fingerprint density at radius 3 is 2.86 bits per heavy atom. The van der Waals surface area contributed by atoms with E-state index in [9.17, 15) is 13.2 Å². The lowest BCUT2D eigenvalue weighted by atomic mass is 10.2.